The van der Waals surface area contributed by atoms with Crippen LogP contribution in [0.5, 0.6) is 11.5 Å². The second-order valence-electron chi connectivity index (χ2n) is 7.31. The molecule has 4 atom stereocenters. The maximum atomic E-state index is 13.1. The van der Waals surface area contributed by atoms with Crippen molar-refractivity contribution in [2.24, 2.45) is 5.41 Å². The van der Waals surface area contributed by atoms with Crippen LogP contribution in [-0.2, 0) is 14.3 Å². The summed E-state index contributed by atoms with van der Waals surface area (Å²) < 4.78 is 16.2. The summed E-state index contributed by atoms with van der Waals surface area (Å²) in [5.74, 6) is 0.872. The fourth-order valence-electron chi connectivity index (χ4n) is 4.39. The molecule has 0 unspecified atom stereocenters. The summed E-state index contributed by atoms with van der Waals surface area (Å²) in [7, 11) is 3.14. The molecule has 2 amide bonds. The molecule has 0 spiro atoms. The molecule has 4 rings (SSSR count). The number of likely N-dealkylation sites (N-methyl/N-ethyl adjacent to an activating group) is 1. The van der Waals surface area contributed by atoms with Crippen molar-refractivity contribution >= 4 is 11.8 Å². The quantitative estimate of drug-likeness (QED) is 0.789. The van der Waals surface area contributed by atoms with Crippen LogP contribution in [0.25, 0.3) is 0 Å². The Labute approximate surface area is 157 Å². The Morgan fingerprint density at radius 1 is 1.30 bits per heavy atom. The topological polar surface area (TPSA) is 92.1 Å². The molecule has 27 heavy (non-hydrogen) atoms. The number of methoxy groups -OCH3 is 1. The first kappa shape index (κ1) is 17.6. The van der Waals surface area contributed by atoms with E-state index in [0.29, 0.717) is 11.5 Å². The van der Waals surface area contributed by atoms with Crippen LogP contribution in [0.15, 0.2) is 18.2 Å². The minimum atomic E-state index is -1.02. The van der Waals surface area contributed by atoms with Crippen LogP contribution in [-0.4, -0.2) is 61.3 Å². The van der Waals surface area contributed by atoms with E-state index in [4.69, 9.17) is 14.2 Å². The third-order valence-electron chi connectivity index (χ3n) is 5.86. The average molecular weight is 371 g/mol. The molecule has 8 nitrogen and oxygen atoms in total. The highest BCUT2D eigenvalue weighted by Gasteiger charge is 2.60. The monoisotopic (exact) mass is 371 g/mol. The molecule has 8 heteroatoms. The number of nitrogens with zero attached hydrogens (tertiary/aromatic N) is 3. The summed E-state index contributed by atoms with van der Waals surface area (Å²) in [6.07, 6.45) is 0.234. The molecular weight excluding hydrogens is 350 g/mol. The molecule has 0 aromatic heterocycles. The van der Waals surface area contributed by atoms with E-state index in [2.05, 4.69) is 6.07 Å². The molecule has 3 aliphatic heterocycles. The minimum Gasteiger partial charge on any atom is -0.454 e. The number of rotatable bonds is 3. The van der Waals surface area contributed by atoms with Gasteiger partial charge in [0.2, 0.25) is 18.6 Å². The number of benzene rings is 1. The van der Waals surface area contributed by atoms with Gasteiger partial charge in [0.25, 0.3) is 0 Å². The van der Waals surface area contributed by atoms with Crippen LogP contribution in [0.3, 0.4) is 0 Å². The average Bonchev–Trinajstić information content (AvgIpc) is 3.27. The van der Waals surface area contributed by atoms with Crippen LogP contribution < -0.4 is 9.47 Å². The maximum absolute atomic E-state index is 13.1. The van der Waals surface area contributed by atoms with E-state index in [1.54, 1.807) is 31.0 Å². The van der Waals surface area contributed by atoms with Gasteiger partial charge < -0.3 is 24.0 Å². The number of carbonyl (C=O) groups is 2. The van der Waals surface area contributed by atoms with Crippen LogP contribution in [0, 0.1) is 16.7 Å². The van der Waals surface area contributed by atoms with Crippen molar-refractivity contribution < 1.29 is 23.8 Å². The predicted molar refractivity (Wildman–Crippen MR) is 92.7 cm³/mol. The molecule has 3 heterocycles. The van der Waals surface area contributed by atoms with Gasteiger partial charge in [-0.1, -0.05) is 6.07 Å². The second-order valence-corrected chi connectivity index (χ2v) is 7.31. The van der Waals surface area contributed by atoms with E-state index in [1.165, 1.54) is 12.0 Å². The summed E-state index contributed by atoms with van der Waals surface area (Å²) in [5, 5.41) is 10.1. The molecule has 0 saturated carbocycles. The van der Waals surface area contributed by atoms with E-state index in [1.807, 2.05) is 6.07 Å². The van der Waals surface area contributed by atoms with Gasteiger partial charge in [-0.05, 0) is 24.6 Å². The summed E-state index contributed by atoms with van der Waals surface area (Å²) in [6.45, 7) is 1.96. The van der Waals surface area contributed by atoms with Gasteiger partial charge in [0.05, 0.1) is 18.7 Å². The van der Waals surface area contributed by atoms with Gasteiger partial charge in [-0.3, -0.25) is 9.59 Å². The number of nitriles is 1. The Hall–Kier alpha value is -2.79. The number of hydrogen-bond acceptors (Lipinski definition) is 6. The van der Waals surface area contributed by atoms with Crippen molar-refractivity contribution in [3.05, 3.63) is 23.8 Å². The van der Waals surface area contributed by atoms with Crippen molar-refractivity contribution in [1.82, 2.24) is 9.80 Å². The van der Waals surface area contributed by atoms with Gasteiger partial charge in [-0.25, -0.2) is 0 Å². The van der Waals surface area contributed by atoms with Crippen molar-refractivity contribution in [2.45, 2.75) is 31.5 Å². The fraction of sp³-hybridized carbons (Fsp3) is 0.526. The number of hydrogen-bond donors (Lipinski definition) is 0. The van der Waals surface area contributed by atoms with E-state index >= 15 is 0 Å². The first-order chi connectivity index (χ1) is 12.9. The Bertz CT molecular complexity index is 850. The molecule has 3 aliphatic rings. The number of carbonyl (C=O) groups excluding carboxylic acids is 2. The SMILES string of the molecule is COC[C@]1(C#N)C[C@H]2C(=O)N(C)[C@H](C)C(=O)N2[C@H]1c1ccc2c(c1)OCO2. The standard InChI is InChI=1S/C19H21N3O5/c1-11-17(23)22-13(18(24)21(11)2)7-19(8-20,9-25-3)16(22)12-4-5-14-15(6-12)27-10-26-14/h4-6,11,13,16H,7,9-10H2,1-3H3/t11-,13+,16+,19-/m1/s1. The van der Waals surface area contributed by atoms with Gasteiger partial charge in [0.1, 0.15) is 17.5 Å². The third-order valence-corrected chi connectivity index (χ3v) is 5.86. The van der Waals surface area contributed by atoms with Crippen molar-refractivity contribution in [3.63, 3.8) is 0 Å². The fourth-order valence-corrected chi connectivity index (χ4v) is 4.39. The highest BCUT2D eigenvalue weighted by molar-refractivity contribution is 5.97. The summed E-state index contributed by atoms with van der Waals surface area (Å²) in [6, 6.07) is 5.88. The maximum Gasteiger partial charge on any atom is 0.246 e. The Balaban J connectivity index is 1.85. The minimum absolute atomic E-state index is 0.119. The van der Waals surface area contributed by atoms with Gasteiger partial charge in [0.15, 0.2) is 11.5 Å². The first-order valence-electron chi connectivity index (χ1n) is 8.82. The van der Waals surface area contributed by atoms with Crippen molar-refractivity contribution in [3.8, 4) is 17.6 Å². The molecule has 2 fully saturated rings. The largest absolute Gasteiger partial charge is 0.454 e. The Kier molecular flexibility index (Phi) is 4.00. The molecular formula is C19H21N3O5. The molecule has 0 bridgehead atoms. The summed E-state index contributed by atoms with van der Waals surface area (Å²) >= 11 is 0. The summed E-state index contributed by atoms with van der Waals surface area (Å²) in [4.78, 5) is 29.0. The lowest BCUT2D eigenvalue weighted by Crippen LogP contribution is -2.60. The first-order valence-corrected chi connectivity index (χ1v) is 8.82. The van der Waals surface area contributed by atoms with E-state index in [0.717, 1.165) is 5.56 Å². The van der Waals surface area contributed by atoms with E-state index < -0.39 is 23.5 Å². The van der Waals surface area contributed by atoms with Gasteiger partial charge in [0, 0.05) is 20.6 Å². The highest BCUT2D eigenvalue weighted by Crippen LogP contribution is 2.53. The zero-order valence-corrected chi connectivity index (χ0v) is 15.5. The highest BCUT2D eigenvalue weighted by atomic mass is 16.7. The molecule has 2 saturated heterocycles. The van der Waals surface area contributed by atoms with Crippen LogP contribution >= 0.6 is 0 Å². The van der Waals surface area contributed by atoms with Gasteiger partial charge in [-0.2, -0.15) is 5.26 Å². The lowest BCUT2D eigenvalue weighted by Gasteiger charge is -2.42. The zero-order valence-electron chi connectivity index (χ0n) is 15.5. The second kappa shape index (κ2) is 6.13. The normalized spacial score (nSPS) is 31.9. The molecule has 0 radical (unpaired) electrons. The van der Waals surface area contributed by atoms with Crippen molar-refractivity contribution in [1.29, 1.82) is 5.26 Å². The lowest BCUT2D eigenvalue weighted by molar-refractivity contribution is -0.159. The number of ether oxygens (including phenoxy) is 3. The summed E-state index contributed by atoms with van der Waals surface area (Å²) in [5.41, 5.74) is -0.290. The van der Waals surface area contributed by atoms with Gasteiger partial charge in [-0.15, -0.1) is 0 Å². The predicted octanol–water partition coefficient (Wildman–Crippen LogP) is 1.07. The molecule has 1 aromatic carbocycles. The Morgan fingerprint density at radius 2 is 2.04 bits per heavy atom. The molecule has 1 aromatic rings. The Morgan fingerprint density at radius 3 is 2.74 bits per heavy atom. The molecule has 0 aliphatic carbocycles. The van der Waals surface area contributed by atoms with Gasteiger partial charge >= 0.3 is 0 Å². The van der Waals surface area contributed by atoms with E-state index in [9.17, 15) is 14.9 Å². The van der Waals surface area contributed by atoms with E-state index in [-0.39, 0.29) is 31.6 Å². The smallest absolute Gasteiger partial charge is 0.246 e. The van der Waals surface area contributed by atoms with Crippen LogP contribution in [0.4, 0.5) is 0 Å². The third kappa shape index (κ3) is 2.38. The number of amides is 2. The van der Waals surface area contributed by atoms with Crippen molar-refractivity contribution in [2.75, 3.05) is 27.6 Å². The van der Waals surface area contributed by atoms with Crippen LogP contribution in [0.1, 0.15) is 24.9 Å². The number of fused-ring (bicyclic) bond motifs is 2. The molecule has 142 valence electrons. The lowest BCUT2D eigenvalue weighted by atomic mass is 9.78. The molecule has 0 N–H and O–H groups in total. The number of piperazine rings is 1. The zero-order chi connectivity index (χ0) is 19.3. The van der Waals surface area contributed by atoms with Crippen LogP contribution in [0.2, 0.25) is 0 Å².